The zero-order valence-corrected chi connectivity index (χ0v) is 17.2. The second-order valence-electron chi connectivity index (χ2n) is 7.81. The van der Waals surface area contributed by atoms with Crippen LogP contribution in [0.2, 0.25) is 0 Å². The average Bonchev–Trinajstić information content (AvgIpc) is 2.74. The molecular formula is C26H26F4. The SMILES string of the molecule is CCCC/C=C/c1ccc(C#Cc2ccc(C3CCC(F)CC3)c(F)c2F)c(F)c1. The molecule has 30 heavy (non-hydrogen) atoms. The summed E-state index contributed by atoms with van der Waals surface area (Å²) in [4.78, 5) is 0. The van der Waals surface area contributed by atoms with Crippen LogP contribution in [0, 0.1) is 29.3 Å². The zero-order chi connectivity index (χ0) is 21.5. The Hall–Kier alpha value is -2.54. The normalized spacial score (nSPS) is 19.0. The van der Waals surface area contributed by atoms with Gasteiger partial charge in [-0.3, -0.25) is 0 Å². The molecule has 0 amide bonds. The smallest absolute Gasteiger partial charge is 0.174 e. The van der Waals surface area contributed by atoms with Gasteiger partial charge in [-0.05, 0) is 67.3 Å². The van der Waals surface area contributed by atoms with E-state index in [0.717, 1.165) is 24.8 Å². The van der Waals surface area contributed by atoms with Crippen LogP contribution in [-0.4, -0.2) is 6.17 Å². The van der Waals surface area contributed by atoms with E-state index in [1.807, 2.05) is 12.2 Å². The fourth-order valence-electron chi connectivity index (χ4n) is 3.75. The average molecular weight is 414 g/mol. The molecule has 0 spiro atoms. The van der Waals surface area contributed by atoms with Gasteiger partial charge in [0.25, 0.3) is 0 Å². The van der Waals surface area contributed by atoms with Gasteiger partial charge in [-0.15, -0.1) is 0 Å². The highest BCUT2D eigenvalue weighted by Gasteiger charge is 2.25. The van der Waals surface area contributed by atoms with Crippen molar-refractivity contribution in [3.8, 4) is 11.8 Å². The van der Waals surface area contributed by atoms with Gasteiger partial charge < -0.3 is 0 Å². The van der Waals surface area contributed by atoms with Gasteiger partial charge in [0.05, 0.1) is 11.1 Å². The molecular weight excluding hydrogens is 388 g/mol. The quantitative estimate of drug-likeness (QED) is 0.267. The van der Waals surface area contributed by atoms with Gasteiger partial charge in [-0.2, -0.15) is 0 Å². The monoisotopic (exact) mass is 414 g/mol. The molecule has 1 saturated carbocycles. The fourth-order valence-corrected chi connectivity index (χ4v) is 3.75. The maximum absolute atomic E-state index is 14.6. The molecule has 2 aromatic rings. The van der Waals surface area contributed by atoms with Gasteiger partial charge >= 0.3 is 0 Å². The topological polar surface area (TPSA) is 0 Å². The van der Waals surface area contributed by atoms with Crippen molar-refractivity contribution in [1.29, 1.82) is 0 Å². The van der Waals surface area contributed by atoms with Gasteiger partial charge in [-0.25, -0.2) is 17.6 Å². The Morgan fingerprint density at radius 3 is 2.33 bits per heavy atom. The molecule has 3 rings (SSSR count). The standard InChI is InChI=1S/C26H26F4/c1-2-3-4-5-6-18-7-8-20(24(28)17-18)9-10-21-13-16-23(26(30)25(21)29)19-11-14-22(27)15-12-19/h5-8,13,16-17,19,22H,2-4,11-12,14-15H2,1H3/b6-5+. The third-order valence-electron chi connectivity index (χ3n) is 5.57. The molecule has 2 aromatic carbocycles. The summed E-state index contributed by atoms with van der Waals surface area (Å²) in [5.74, 6) is 2.51. The summed E-state index contributed by atoms with van der Waals surface area (Å²) in [7, 11) is 0. The van der Waals surface area contributed by atoms with Crippen LogP contribution in [0.15, 0.2) is 36.4 Å². The van der Waals surface area contributed by atoms with Gasteiger partial charge in [0, 0.05) is 0 Å². The van der Waals surface area contributed by atoms with E-state index in [1.165, 1.54) is 18.2 Å². The predicted molar refractivity (Wildman–Crippen MR) is 113 cm³/mol. The second kappa shape index (κ2) is 10.5. The van der Waals surface area contributed by atoms with Gasteiger partial charge in [0.2, 0.25) is 0 Å². The lowest BCUT2D eigenvalue weighted by molar-refractivity contribution is 0.233. The second-order valence-corrected chi connectivity index (χ2v) is 7.81. The van der Waals surface area contributed by atoms with E-state index in [0.29, 0.717) is 25.7 Å². The summed E-state index contributed by atoms with van der Waals surface area (Å²) < 4.78 is 56.7. The predicted octanol–water partition coefficient (Wildman–Crippen LogP) is 7.70. The van der Waals surface area contributed by atoms with Crippen LogP contribution in [0.1, 0.15) is 80.0 Å². The number of hydrogen-bond acceptors (Lipinski definition) is 0. The van der Waals surface area contributed by atoms with E-state index in [2.05, 4.69) is 18.8 Å². The number of allylic oxidation sites excluding steroid dienone is 1. The molecule has 0 unspecified atom stereocenters. The Kier molecular flexibility index (Phi) is 7.74. The highest BCUT2D eigenvalue weighted by molar-refractivity contribution is 5.53. The highest BCUT2D eigenvalue weighted by Crippen LogP contribution is 2.36. The molecule has 0 N–H and O–H groups in total. The lowest BCUT2D eigenvalue weighted by atomic mass is 9.82. The van der Waals surface area contributed by atoms with Crippen molar-refractivity contribution in [2.75, 3.05) is 0 Å². The molecule has 1 aliphatic rings. The first-order valence-electron chi connectivity index (χ1n) is 10.6. The summed E-state index contributed by atoms with van der Waals surface area (Å²) in [6.45, 7) is 2.11. The Balaban J connectivity index is 1.76. The van der Waals surface area contributed by atoms with Crippen LogP contribution < -0.4 is 0 Å². The van der Waals surface area contributed by atoms with E-state index < -0.39 is 23.6 Å². The summed E-state index contributed by atoms with van der Waals surface area (Å²) in [5.41, 5.74) is 1.03. The van der Waals surface area contributed by atoms with Crippen molar-refractivity contribution in [3.63, 3.8) is 0 Å². The van der Waals surface area contributed by atoms with Crippen molar-refractivity contribution >= 4 is 6.08 Å². The van der Waals surface area contributed by atoms with E-state index in [9.17, 15) is 17.6 Å². The van der Waals surface area contributed by atoms with E-state index in [4.69, 9.17) is 0 Å². The highest BCUT2D eigenvalue weighted by atomic mass is 19.2. The Bertz CT molecular complexity index is 957. The minimum absolute atomic E-state index is 0.113. The van der Waals surface area contributed by atoms with Gasteiger partial charge in [-0.1, -0.05) is 55.9 Å². The van der Waals surface area contributed by atoms with Gasteiger partial charge in [0.15, 0.2) is 11.6 Å². The molecule has 0 aromatic heterocycles. The van der Waals surface area contributed by atoms with E-state index >= 15 is 0 Å². The number of alkyl halides is 1. The number of halogens is 4. The van der Waals surface area contributed by atoms with Crippen LogP contribution in [0.5, 0.6) is 0 Å². The molecule has 1 fully saturated rings. The third kappa shape index (κ3) is 5.53. The lowest BCUT2D eigenvalue weighted by Crippen LogP contribution is -2.15. The molecule has 1 aliphatic carbocycles. The first-order chi connectivity index (χ1) is 14.5. The van der Waals surface area contributed by atoms with Crippen LogP contribution >= 0.6 is 0 Å². The first kappa shape index (κ1) is 22.2. The molecule has 158 valence electrons. The number of unbranched alkanes of at least 4 members (excludes halogenated alkanes) is 2. The van der Waals surface area contributed by atoms with Crippen LogP contribution in [0.3, 0.4) is 0 Å². The van der Waals surface area contributed by atoms with Crippen LogP contribution in [-0.2, 0) is 0 Å². The maximum Gasteiger partial charge on any atom is 0.174 e. The minimum atomic E-state index is -1.03. The molecule has 0 heterocycles. The summed E-state index contributed by atoms with van der Waals surface area (Å²) in [5, 5.41) is 0. The molecule has 0 nitrogen and oxygen atoms in total. The summed E-state index contributed by atoms with van der Waals surface area (Å²) in [6.07, 6.45) is 7.89. The Labute approximate surface area is 176 Å². The van der Waals surface area contributed by atoms with Crippen molar-refractivity contribution in [2.45, 2.75) is 64.0 Å². The molecule has 0 saturated heterocycles. The maximum atomic E-state index is 14.6. The molecule has 0 radical (unpaired) electrons. The molecule has 4 heteroatoms. The molecule has 0 bridgehead atoms. The van der Waals surface area contributed by atoms with Crippen LogP contribution in [0.4, 0.5) is 17.6 Å². The number of rotatable bonds is 5. The molecule has 0 aliphatic heterocycles. The third-order valence-corrected chi connectivity index (χ3v) is 5.57. The lowest BCUT2D eigenvalue weighted by Gasteiger charge is -2.25. The number of hydrogen-bond donors (Lipinski definition) is 0. The summed E-state index contributed by atoms with van der Waals surface area (Å²) >= 11 is 0. The van der Waals surface area contributed by atoms with Crippen molar-refractivity contribution < 1.29 is 17.6 Å². The first-order valence-corrected chi connectivity index (χ1v) is 10.6. The minimum Gasteiger partial charge on any atom is -0.247 e. The summed E-state index contributed by atoms with van der Waals surface area (Å²) in [6, 6.07) is 7.61. The fraction of sp³-hybridized carbons (Fsp3) is 0.385. The largest absolute Gasteiger partial charge is 0.247 e. The van der Waals surface area contributed by atoms with E-state index in [1.54, 1.807) is 12.1 Å². The van der Waals surface area contributed by atoms with Crippen molar-refractivity contribution in [2.24, 2.45) is 0 Å². The molecule has 0 atom stereocenters. The van der Waals surface area contributed by atoms with Crippen molar-refractivity contribution in [3.05, 3.63) is 76.1 Å². The Morgan fingerprint density at radius 1 is 0.933 bits per heavy atom. The van der Waals surface area contributed by atoms with Crippen LogP contribution in [0.25, 0.3) is 6.08 Å². The van der Waals surface area contributed by atoms with Gasteiger partial charge in [0.1, 0.15) is 12.0 Å². The van der Waals surface area contributed by atoms with E-state index in [-0.39, 0.29) is 22.6 Å². The van der Waals surface area contributed by atoms with Crippen molar-refractivity contribution in [1.82, 2.24) is 0 Å². The number of benzene rings is 2. The Morgan fingerprint density at radius 2 is 1.63 bits per heavy atom. The zero-order valence-electron chi connectivity index (χ0n) is 17.2.